The lowest BCUT2D eigenvalue weighted by atomic mass is 9.71. The molecule has 0 unspecified atom stereocenters. The molecule has 27 heavy (non-hydrogen) atoms. The molecule has 1 aliphatic rings. The minimum Gasteiger partial charge on any atom is -0.444 e. The highest BCUT2D eigenvalue weighted by Crippen LogP contribution is 2.39. The molecule has 1 saturated heterocycles. The lowest BCUT2D eigenvalue weighted by Crippen LogP contribution is -2.63. The predicted molar refractivity (Wildman–Crippen MR) is 111 cm³/mol. The maximum absolute atomic E-state index is 12.4. The fourth-order valence-corrected chi connectivity index (χ4v) is 3.35. The summed E-state index contributed by atoms with van der Waals surface area (Å²) in [7, 11) is 1.66. The fourth-order valence-electron chi connectivity index (χ4n) is 2.90. The molecule has 0 aromatic heterocycles. The van der Waals surface area contributed by atoms with Gasteiger partial charge in [0.25, 0.3) is 0 Å². The highest BCUT2D eigenvalue weighted by Gasteiger charge is 2.49. The van der Waals surface area contributed by atoms with E-state index >= 15 is 0 Å². The van der Waals surface area contributed by atoms with Crippen LogP contribution in [-0.2, 0) is 14.9 Å². The second-order valence-electron chi connectivity index (χ2n) is 7.56. The van der Waals surface area contributed by atoms with Gasteiger partial charge in [-0.2, -0.15) is 0 Å². The van der Waals surface area contributed by atoms with Crippen molar-refractivity contribution < 1.29 is 14.3 Å². The number of hydrazine groups is 1. The van der Waals surface area contributed by atoms with E-state index in [0.29, 0.717) is 18.2 Å². The van der Waals surface area contributed by atoms with Crippen LogP contribution in [0.25, 0.3) is 0 Å². The third-order valence-electron chi connectivity index (χ3n) is 4.12. The second-order valence-corrected chi connectivity index (χ2v) is 8.88. The second kappa shape index (κ2) is 8.43. The SMILES string of the molecule is CNC(=S)NNC(=O)CC1(c2cccc(Br)c2)CN(C(=O)OC(C)(C)C)C1. The zero-order valence-corrected chi connectivity index (χ0v) is 18.3. The number of benzene rings is 1. The molecule has 9 heteroatoms. The van der Waals surface area contributed by atoms with Crippen molar-refractivity contribution in [1.82, 2.24) is 21.1 Å². The molecule has 0 atom stereocenters. The number of thiocarbonyl (C=S) groups is 1. The van der Waals surface area contributed by atoms with Crippen molar-refractivity contribution in [2.45, 2.75) is 38.2 Å². The number of nitrogens with zero attached hydrogens (tertiary/aromatic N) is 1. The lowest BCUT2D eigenvalue weighted by Gasteiger charge is -2.50. The third-order valence-corrected chi connectivity index (χ3v) is 4.92. The van der Waals surface area contributed by atoms with Gasteiger partial charge in [-0.25, -0.2) is 4.79 Å². The molecular formula is C18H25BrN4O3S. The molecule has 0 spiro atoms. The molecule has 2 amide bonds. The van der Waals surface area contributed by atoms with Gasteiger partial charge in [0.2, 0.25) is 5.91 Å². The molecule has 1 heterocycles. The van der Waals surface area contributed by atoms with E-state index in [1.807, 2.05) is 45.0 Å². The van der Waals surface area contributed by atoms with E-state index in [4.69, 9.17) is 17.0 Å². The van der Waals surface area contributed by atoms with E-state index in [-0.39, 0.29) is 18.4 Å². The molecule has 0 bridgehead atoms. The molecule has 0 aliphatic carbocycles. The quantitative estimate of drug-likeness (QED) is 0.478. The van der Waals surface area contributed by atoms with E-state index in [1.165, 1.54) is 0 Å². The van der Waals surface area contributed by atoms with Crippen LogP contribution >= 0.6 is 28.1 Å². The smallest absolute Gasteiger partial charge is 0.410 e. The Labute approximate surface area is 173 Å². The van der Waals surface area contributed by atoms with Gasteiger partial charge < -0.3 is 15.0 Å². The number of halogens is 1. The number of rotatable bonds is 3. The lowest BCUT2D eigenvalue weighted by molar-refractivity contribution is -0.124. The summed E-state index contributed by atoms with van der Waals surface area (Å²) in [5.41, 5.74) is 5.17. The molecule has 148 valence electrons. The molecule has 0 radical (unpaired) electrons. The van der Waals surface area contributed by atoms with E-state index in [0.717, 1.165) is 10.0 Å². The highest BCUT2D eigenvalue weighted by molar-refractivity contribution is 9.10. The van der Waals surface area contributed by atoms with Gasteiger partial charge in [0.1, 0.15) is 5.60 Å². The van der Waals surface area contributed by atoms with E-state index in [1.54, 1.807) is 11.9 Å². The first-order valence-corrected chi connectivity index (χ1v) is 9.75. The Bertz CT molecular complexity index is 730. The number of likely N-dealkylation sites (tertiary alicyclic amines) is 1. The van der Waals surface area contributed by atoms with Crippen LogP contribution in [0, 0.1) is 0 Å². The molecule has 0 saturated carbocycles. The zero-order valence-electron chi connectivity index (χ0n) is 15.9. The number of hydrogen-bond donors (Lipinski definition) is 3. The Balaban J connectivity index is 2.12. The predicted octanol–water partition coefficient (Wildman–Crippen LogP) is 2.45. The first-order chi connectivity index (χ1) is 12.5. The largest absolute Gasteiger partial charge is 0.444 e. The summed E-state index contributed by atoms with van der Waals surface area (Å²) >= 11 is 8.43. The van der Waals surface area contributed by atoms with Gasteiger partial charge in [-0.3, -0.25) is 15.6 Å². The Hall–Kier alpha value is -1.87. The molecule has 2 rings (SSSR count). The first kappa shape index (κ1) is 21.4. The number of carbonyl (C=O) groups is 2. The molecule has 1 fully saturated rings. The molecule has 1 aromatic carbocycles. The maximum atomic E-state index is 12.4. The minimum absolute atomic E-state index is 0.210. The Morgan fingerprint density at radius 2 is 1.96 bits per heavy atom. The van der Waals surface area contributed by atoms with Crippen LogP contribution in [0.3, 0.4) is 0 Å². The minimum atomic E-state index is -0.560. The number of ether oxygens (including phenoxy) is 1. The monoisotopic (exact) mass is 456 g/mol. The number of carbonyl (C=O) groups excluding carboxylic acids is 2. The number of hydrogen-bond acceptors (Lipinski definition) is 4. The summed E-state index contributed by atoms with van der Waals surface area (Å²) in [6.07, 6.45) is -0.162. The third kappa shape index (κ3) is 5.80. The van der Waals surface area contributed by atoms with Gasteiger partial charge in [-0.1, -0.05) is 28.1 Å². The maximum Gasteiger partial charge on any atom is 0.410 e. The van der Waals surface area contributed by atoms with Crippen molar-refractivity contribution in [3.05, 3.63) is 34.3 Å². The first-order valence-electron chi connectivity index (χ1n) is 8.55. The average molecular weight is 457 g/mol. The van der Waals surface area contributed by atoms with Crippen LogP contribution in [0.5, 0.6) is 0 Å². The highest BCUT2D eigenvalue weighted by atomic mass is 79.9. The van der Waals surface area contributed by atoms with Crippen molar-refractivity contribution in [1.29, 1.82) is 0 Å². The van der Waals surface area contributed by atoms with Gasteiger partial charge in [0.05, 0.1) is 0 Å². The van der Waals surface area contributed by atoms with Crippen LogP contribution < -0.4 is 16.2 Å². The Kier molecular flexibility index (Phi) is 6.69. The van der Waals surface area contributed by atoms with Crippen molar-refractivity contribution in [2.75, 3.05) is 20.1 Å². The average Bonchev–Trinajstić information content (AvgIpc) is 2.53. The molecule has 7 nitrogen and oxygen atoms in total. The van der Waals surface area contributed by atoms with Gasteiger partial charge >= 0.3 is 6.09 Å². The summed E-state index contributed by atoms with van der Waals surface area (Å²) in [5.74, 6) is -0.212. The number of nitrogens with one attached hydrogen (secondary N) is 3. The molecular weight excluding hydrogens is 432 g/mol. The number of amides is 2. The van der Waals surface area contributed by atoms with Crippen molar-refractivity contribution >= 4 is 45.3 Å². The Morgan fingerprint density at radius 1 is 1.30 bits per heavy atom. The van der Waals surface area contributed by atoms with E-state index in [9.17, 15) is 9.59 Å². The van der Waals surface area contributed by atoms with E-state index in [2.05, 4.69) is 32.1 Å². The summed E-state index contributed by atoms with van der Waals surface area (Å²) in [6.45, 7) is 6.30. The molecule has 1 aliphatic heterocycles. The van der Waals surface area contributed by atoms with E-state index < -0.39 is 11.0 Å². The van der Waals surface area contributed by atoms with Gasteiger partial charge in [-0.05, 0) is 50.7 Å². The standard InChI is InChI=1S/C18H25BrN4O3S/c1-17(2,3)26-16(25)23-10-18(11-23,12-6-5-7-13(19)8-12)9-14(24)21-22-15(27)20-4/h5-8H,9-11H2,1-4H3,(H,21,24)(H2,20,22,27). The Morgan fingerprint density at radius 3 is 2.52 bits per heavy atom. The van der Waals surface area contributed by atoms with Gasteiger partial charge in [0.15, 0.2) is 5.11 Å². The summed E-state index contributed by atoms with van der Waals surface area (Å²) in [6, 6.07) is 7.79. The molecule has 3 N–H and O–H groups in total. The summed E-state index contributed by atoms with van der Waals surface area (Å²) in [5, 5.41) is 3.05. The van der Waals surface area contributed by atoms with Crippen LogP contribution in [0.2, 0.25) is 0 Å². The van der Waals surface area contributed by atoms with Gasteiger partial charge in [0, 0.05) is 36.4 Å². The fraction of sp³-hybridized carbons (Fsp3) is 0.500. The summed E-state index contributed by atoms with van der Waals surface area (Å²) < 4.78 is 6.35. The van der Waals surface area contributed by atoms with Crippen LogP contribution in [0.1, 0.15) is 32.8 Å². The topological polar surface area (TPSA) is 82.7 Å². The summed E-state index contributed by atoms with van der Waals surface area (Å²) in [4.78, 5) is 26.4. The van der Waals surface area contributed by atoms with Crippen LogP contribution in [0.15, 0.2) is 28.7 Å². The normalized spacial score (nSPS) is 15.4. The van der Waals surface area contributed by atoms with Gasteiger partial charge in [-0.15, -0.1) is 0 Å². The van der Waals surface area contributed by atoms with Crippen LogP contribution in [-0.4, -0.2) is 47.8 Å². The molecule has 1 aromatic rings. The van der Waals surface area contributed by atoms with Crippen LogP contribution in [0.4, 0.5) is 4.79 Å². The van der Waals surface area contributed by atoms with Crippen molar-refractivity contribution in [2.24, 2.45) is 0 Å². The van der Waals surface area contributed by atoms with Crippen molar-refractivity contribution in [3.63, 3.8) is 0 Å². The zero-order chi connectivity index (χ0) is 20.2. The van der Waals surface area contributed by atoms with Crippen molar-refractivity contribution in [3.8, 4) is 0 Å².